The third-order valence-corrected chi connectivity index (χ3v) is 3.98. The van der Waals surface area contributed by atoms with Crippen LogP contribution in [0, 0.1) is 17.2 Å². The molecule has 1 aromatic carbocycles. The van der Waals surface area contributed by atoms with E-state index in [4.69, 9.17) is 5.26 Å². The van der Waals surface area contributed by atoms with E-state index >= 15 is 0 Å². The average Bonchev–Trinajstić information content (AvgIpc) is 2.50. The van der Waals surface area contributed by atoms with Gasteiger partial charge in [-0.15, -0.1) is 0 Å². The Hall–Kier alpha value is -1.86. The molecule has 0 spiro atoms. The van der Waals surface area contributed by atoms with Gasteiger partial charge in [-0.3, -0.25) is 9.69 Å². The molecule has 1 aromatic rings. The highest BCUT2D eigenvalue weighted by Gasteiger charge is 2.24. The maximum absolute atomic E-state index is 12.0. The molecular formula is C17H23N3O. The summed E-state index contributed by atoms with van der Waals surface area (Å²) in [5.41, 5.74) is 1.30. The highest BCUT2D eigenvalue weighted by atomic mass is 16.1. The largest absolute Gasteiger partial charge is 0.351 e. The third kappa shape index (κ3) is 4.57. The lowest BCUT2D eigenvalue weighted by atomic mass is 10.0. The third-order valence-electron chi connectivity index (χ3n) is 3.98. The van der Waals surface area contributed by atoms with Crippen molar-refractivity contribution in [3.8, 4) is 6.07 Å². The van der Waals surface area contributed by atoms with Gasteiger partial charge in [0.2, 0.25) is 5.91 Å². The predicted octanol–water partition coefficient (Wildman–Crippen LogP) is 2.32. The maximum atomic E-state index is 12.0. The fourth-order valence-electron chi connectivity index (χ4n) is 2.80. The standard InChI is InChI=1S/C17H23N3O/c1-2-15(11-18)17(21)19-16-9-6-10-20(13-16)12-14-7-4-3-5-8-14/h3-5,7-8,15-16H,2,6,9-10,12-13H2,1H3,(H,19,21). The van der Waals surface area contributed by atoms with Gasteiger partial charge < -0.3 is 5.32 Å². The van der Waals surface area contributed by atoms with Gasteiger partial charge in [-0.05, 0) is 31.4 Å². The van der Waals surface area contributed by atoms with Crippen molar-refractivity contribution < 1.29 is 4.79 Å². The van der Waals surface area contributed by atoms with Crippen LogP contribution in [0.25, 0.3) is 0 Å². The molecule has 1 saturated heterocycles. The Kier molecular flexibility index (Phi) is 5.77. The van der Waals surface area contributed by atoms with Crippen LogP contribution in [0.15, 0.2) is 30.3 Å². The van der Waals surface area contributed by atoms with Crippen molar-refractivity contribution in [2.75, 3.05) is 13.1 Å². The molecule has 1 heterocycles. The average molecular weight is 285 g/mol. The second kappa shape index (κ2) is 7.80. The topological polar surface area (TPSA) is 56.1 Å². The van der Waals surface area contributed by atoms with Gasteiger partial charge in [0, 0.05) is 19.1 Å². The summed E-state index contributed by atoms with van der Waals surface area (Å²) in [5, 5.41) is 12.0. The second-order valence-electron chi connectivity index (χ2n) is 5.66. The Morgan fingerprint density at radius 1 is 1.48 bits per heavy atom. The fourth-order valence-corrected chi connectivity index (χ4v) is 2.80. The fraction of sp³-hybridized carbons (Fsp3) is 0.529. The molecule has 4 nitrogen and oxygen atoms in total. The summed E-state index contributed by atoms with van der Waals surface area (Å²) in [5.74, 6) is -0.638. The number of carbonyl (C=O) groups excluding carboxylic acids is 1. The smallest absolute Gasteiger partial charge is 0.237 e. The molecule has 0 aliphatic carbocycles. The Bertz CT molecular complexity index is 495. The van der Waals surface area contributed by atoms with Crippen molar-refractivity contribution in [3.63, 3.8) is 0 Å². The number of hydrogen-bond acceptors (Lipinski definition) is 3. The Morgan fingerprint density at radius 2 is 2.24 bits per heavy atom. The number of piperidine rings is 1. The van der Waals surface area contributed by atoms with Crippen LogP contribution in [-0.2, 0) is 11.3 Å². The zero-order valence-corrected chi connectivity index (χ0v) is 12.6. The van der Waals surface area contributed by atoms with Crippen LogP contribution in [0.1, 0.15) is 31.7 Å². The zero-order valence-electron chi connectivity index (χ0n) is 12.6. The van der Waals surface area contributed by atoms with E-state index in [1.54, 1.807) is 0 Å². The van der Waals surface area contributed by atoms with Gasteiger partial charge in [0.25, 0.3) is 0 Å². The van der Waals surface area contributed by atoms with Crippen LogP contribution in [-0.4, -0.2) is 29.9 Å². The molecule has 21 heavy (non-hydrogen) atoms. The van der Waals surface area contributed by atoms with Crippen molar-refractivity contribution in [1.82, 2.24) is 10.2 Å². The minimum absolute atomic E-state index is 0.119. The Labute approximate surface area is 126 Å². The molecule has 0 bridgehead atoms. The van der Waals surface area contributed by atoms with E-state index < -0.39 is 5.92 Å². The summed E-state index contributed by atoms with van der Waals surface area (Å²) >= 11 is 0. The summed E-state index contributed by atoms with van der Waals surface area (Å²) in [7, 11) is 0. The minimum atomic E-state index is -0.519. The van der Waals surface area contributed by atoms with E-state index in [2.05, 4.69) is 40.6 Å². The Balaban J connectivity index is 1.86. The van der Waals surface area contributed by atoms with E-state index in [9.17, 15) is 4.79 Å². The molecule has 1 aliphatic heterocycles. The molecule has 0 radical (unpaired) electrons. The molecule has 2 atom stereocenters. The van der Waals surface area contributed by atoms with Crippen molar-refractivity contribution in [1.29, 1.82) is 5.26 Å². The molecule has 0 saturated carbocycles. The first-order chi connectivity index (χ1) is 10.2. The first-order valence-corrected chi connectivity index (χ1v) is 7.69. The van der Waals surface area contributed by atoms with Gasteiger partial charge in [-0.1, -0.05) is 37.3 Å². The number of benzene rings is 1. The second-order valence-corrected chi connectivity index (χ2v) is 5.66. The molecule has 1 N–H and O–H groups in total. The summed E-state index contributed by atoms with van der Waals surface area (Å²) < 4.78 is 0. The predicted molar refractivity (Wildman–Crippen MR) is 82.3 cm³/mol. The van der Waals surface area contributed by atoms with Gasteiger partial charge in [0.05, 0.1) is 6.07 Å². The van der Waals surface area contributed by atoms with Gasteiger partial charge in [0.15, 0.2) is 0 Å². The van der Waals surface area contributed by atoms with E-state index in [0.717, 1.165) is 32.5 Å². The monoisotopic (exact) mass is 285 g/mol. The van der Waals surface area contributed by atoms with Crippen molar-refractivity contribution in [2.24, 2.45) is 5.92 Å². The van der Waals surface area contributed by atoms with E-state index in [-0.39, 0.29) is 11.9 Å². The van der Waals surface area contributed by atoms with Crippen LogP contribution in [0.5, 0.6) is 0 Å². The van der Waals surface area contributed by atoms with Crippen LogP contribution in [0.2, 0.25) is 0 Å². The molecule has 2 rings (SSSR count). The summed E-state index contributed by atoms with van der Waals surface area (Å²) in [4.78, 5) is 14.4. The van der Waals surface area contributed by atoms with Crippen LogP contribution in [0.3, 0.4) is 0 Å². The number of nitriles is 1. The molecular weight excluding hydrogens is 262 g/mol. The number of rotatable bonds is 5. The van der Waals surface area contributed by atoms with Gasteiger partial charge in [0.1, 0.15) is 5.92 Å². The number of hydrogen-bond donors (Lipinski definition) is 1. The van der Waals surface area contributed by atoms with Crippen molar-refractivity contribution in [2.45, 2.75) is 38.8 Å². The van der Waals surface area contributed by atoms with Crippen molar-refractivity contribution in [3.05, 3.63) is 35.9 Å². The quantitative estimate of drug-likeness (QED) is 0.903. The molecule has 4 heteroatoms. The van der Waals surface area contributed by atoms with E-state index in [1.165, 1.54) is 5.56 Å². The van der Waals surface area contributed by atoms with Gasteiger partial charge in [-0.2, -0.15) is 5.26 Å². The number of amides is 1. The number of nitrogens with one attached hydrogen (secondary N) is 1. The lowest BCUT2D eigenvalue weighted by molar-refractivity contribution is -0.124. The maximum Gasteiger partial charge on any atom is 0.237 e. The molecule has 112 valence electrons. The summed E-state index contributed by atoms with van der Waals surface area (Å²) in [6.45, 7) is 4.72. The Morgan fingerprint density at radius 3 is 2.90 bits per heavy atom. The first kappa shape index (κ1) is 15.5. The van der Waals surface area contributed by atoms with Gasteiger partial charge >= 0.3 is 0 Å². The minimum Gasteiger partial charge on any atom is -0.351 e. The summed E-state index contributed by atoms with van der Waals surface area (Å²) in [6.07, 6.45) is 2.66. The van der Waals surface area contributed by atoms with E-state index in [0.29, 0.717) is 6.42 Å². The lowest BCUT2D eigenvalue weighted by Gasteiger charge is -2.33. The van der Waals surface area contributed by atoms with Crippen LogP contribution >= 0.6 is 0 Å². The molecule has 1 fully saturated rings. The lowest BCUT2D eigenvalue weighted by Crippen LogP contribution is -2.48. The normalized spacial score (nSPS) is 20.5. The van der Waals surface area contributed by atoms with E-state index in [1.807, 2.05) is 13.0 Å². The molecule has 1 amide bonds. The molecule has 0 aromatic heterocycles. The number of carbonyl (C=O) groups is 1. The van der Waals surface area contributed by atoms with Crippen LogP contribution < -0.4 is 5.32 Å². The molecule has 1 aliphatic rings. The highest BCUT2D eigenvalue weighted by molar-refractivity contribution is 5.81. The van der Waals surface area contributed by atoms with Crippen molar-refractivity contribution >= 4 is 5.91 Å². The number of likely N-dealkylation sites (tertiary alicyclic amines) is 1. The van der Waals surface area contributed by atoms with Gasteiger partial charge in [-0.25, -0.2) is 0 Å². The number of nitrogens with zero attached hydrogens (tertiary/aromatic N) is 2. The SMILES string of the molecule is CCC(C#N)C(=O)NC1CCCN(Cc2ccccc2)C1. The summed E-state index contributed by atoms with van der Waals surface area (Å²) in [6, 6.07) is 12.6. The highest BCUT2D eigenvalue weighted by Crippen LogP contribution is 2.14. The first-order valence-electron chi connectivity index (χ1n) is 7.69. The van der Waals surface area contributed by atoms with Crippen LogP contribution in [0.4, 0.5) is 0 Å². The zero-order chi connectivity index (χ0) is 15.1. The molecule has 2 unspecified atom stereocenters.